The van der Waals surface area contributed by atoms with Gasteiger partial charge < -0.3 is 8.85 Å². The van der Waals surface area contributed by atoms with Crippen LogP contribution in [0.1, 0.15) is 13.3 Å². The van der Waals surface area contributed by atoms with Gasteiger partial charge in [0.1, 0.15) is 0 Å². The van der Waals surface area contributed by atoms with Crippen molar-refractivity contribution in [2.45, 2.75) is 23.7 Å². The fourth-order valence-electron chi connectivity index (χ4n) is 1.58. The fraction of sp³-hybridized carbons (Fsp3) is 0.455. The van der Waals surface area contributed by atoms with Gasteiger partial charge in [-0.05, 0) is 32.0 Å². The molecule has 1 rings (SSSR count). The van der Waals surface area contributed by atoms with E-state index in [0.717, 1.165) is 6.42 Å². The zero-order valence-electron chi connectivity index (χ0n) is 8.93. The smallest absolute Gasteiger partial charge is 0.0555 e. The van der Waals surface area contributed by atoms with Crippen molar-refractivity contribution in [2.24, 2.45) is 0 Å². The zero-order valence-corrected chi connectivity index (χ0v) is 12.7. The molecule has 0 spiro atoms. The van der Waals surface area contributed by atoms with E-state index in [2.05, 4.69) is 78.9 Å². The van der Waals surface area contributed by atoms with Gasteiger partial charge in [0.15, 0.2) is 0 Å². The third-order valence-corrected chi connectivity index (χ3v) is 3.23. The number of rotatable bonds is 4. The van der Waals surface area contributed by atoms with Gasteiger partial charge in [-0.3, -0.25) is 0 Å². The molecule has 0 bridgehead atoms. The van der Waals surface area contributed by atoms with Crippen molar-refractivity contribution in [2.75, 3.05) is 7.05 Å². The summed E-state index contributed by atoms with van der Waals surface area (Å²) in [6.07, 6.45) is 11.8. The highest BCUT2D eigenvalue weighted by Crippen LogP contribution is 2.30. The van der Waals surface area contributed by atoms with E-state index in [9.17, 15) is 0 Å². The standard InChI is InChI=1S/C11H16BrIN2/c1-11(12)6-3-4-9(8-11)10(14-2)5-7-15-13/h3-5,7-8,10,14-15H,6H2,1-2H3/b7-5-. The molecule has 0 aliphatic heterocycles. The molecular formula is C11H16BrIN2. The Morgan fingerprint density at radius 2 is 2.40 bits per heavy atom. The second-order valence-electron chi connectivity index (χ2n) is 3.76. The minimum atomic E-state index is 0.0950. The molecule has 1 aliphatic carbocycles. The van der Waals surface area contributed by atoms with Crippen LogP contribution in [0.25, 0.3) is 0 Å². The number of halogens is 2. The predicted octanol–water partition coefficient (Wildman–Crippen LogP) is 3.07. The first-order valence-corrected chi connectivity index (χ1v) is 6.74. The summed E-state index contributed by atoms with van der Waals surface area (Å²) in [5.74, 6) is 0. The molecule has 84 valence electrons. The molecule has 0 heterocycles. The van der Waals surface area contributed by atoms with E-state index >= 15 is 0 Å². The first-order chi connectivity index (χ1) is 7.09. The average molecular weight is 383 g/mol. The molecule has 0 aromatic carbocycles. The Labute approximate surface area is 114 Å². The number of likely N-dealkylation sites (N-methyl/N-ethyl adjacent to an activating group) is 1. The number of alkyl halides is 1. The highest BCUT2D eigenvalue weighted by Gasteiger charge is 2.21. The maximum Gasteiger partial charge on any atom is 0.0555 e. The van der Waals surface area contributed by atoms with Crippen LogP contribution in [0, 0.1) is 0 Å². The van der Waals surface area contributed by atoms with Crippen LogP contribution in [-0.2, 0) is 0 Å². The lowest BCUT2D eigenvalue weighted by molar-refractivity contribution is 0.728. The summed E-state index contributed by atoms with van der Waals surface area (Å²) in [6, 6.07) is 0.265. The number of hydrogen-bond donors (Lipinski definition) is 2. The van der Waals surface area contributed by atoms with E-state index < -0.39 is 0 Å². The fourth-order valence-corrected chi connectivity index (χ4v) is 2.24. The van der Waals surface area contributed by atoms with Gasteiger partial charge in [-0.2, -0.15) is 0 Å². The molecule has 2 N–H and O–H groups in total. The quantitative estimate of drug-likeness (QED) is 0.443. The molecule has 15 heavy (non-hydrogen) atoms. The van der Waals surface area contributed by atoms with Gasteiger partial charge in [-0.1, -0.05) is 34.2 Å². The van der Waals surface area contributed by atoms with Crippen molar-refractivity contribution in [1.82, 2.24) is 8.85 Å². The predicted molar refractivity (Wildman–Crippen MR) is 78.3 cm³/mol. The van der Waals surface area contributed by atoms with Gasteiger partial charge in [-0.25, -0.2) is 0 Å². The van der Waals surface area contributed by atoms with E-state index in [4.69, 9.17) is 0 Å². The van der Waals surface area contributed by atoms with E-state index in [1.807, 2.05) is 13.2 Å². The maximum atomic E-state index is 3.70. The van der Waals surface area contributed by atoms with Crippen molar-refractivity contribution in [3.05, 3.63) is 36.1 Å². The molecule has 2 atom stereocenters. The normalized spacial score (nSPS) is 27.9. The minimum absolute atomic E-state index is 0.0950. The summed E-state index contributed by atoms with van der Waals surface area (Å²) in [7, 11) is 1.97. The Morgan fingerprint density at radius 1 is 1.67 bits per heavy atom. The molecule has 0 amide bonds. The van der Waals surface area contributed by atoms with Gasteiger partial charge >= 0.3 is 0 Å². The molecule has 2 unspecified atom stereocenters. The lowest BCUT2D eigenvalue weighted by Gasteiger charge is -2.24. The van der Waals surface area contributed by atoms with E-state index in [0.29, 0.717) is 0 Å². The summed E-state index contributed by atoms with van der Waals surface area (Å²) in [6.45, 7) is 2.18. The Kier molecular flexibility index (Phi) is 5.35. The van der Waals surface area contributed by atoms with Crippen LogP contribution in [0.15, 0.2) is 36.1 Å². The monoisotopic (exact) mass is 382 g/mol. The molecule has 1 aliphatic rings. The van der Waals surface area contributed by atoms with E-state index in [-0.39, 0.29) is 10.4 Å². The third kappa shape index (κ3) is 4.28. The highest BCUT2D eigenvalue weighted by atomic mass is 127. The SMILES string of the molecule is CNC(/C=C\NI)C1=CC(C)(Br)CC=C1. The highest BCUT2D eigenvalue weighted by molar-refractivity contribution is 14.1. The van der Waals surface area contributed by atoms with Crippen molar-refractivity contribution >= 4 is 38.8 Å². The van der Waals surface area contributed by atoms with Gasteiger partial charge in [0, 0.05) is 10.5 Å². The molecule has 0 saturated carbocycles. The number of hydrogen-bond acceptors (Lipinski definition) is 2. The second-order valence-corrected chi connectivity index (χ2v) is 6.20. The van der Waals surface area contributed by atoms with Gasteiger partial charge in [-0.15, -0.1) is 0 Å². The van der Waals surface area contributed by atoms with Crippen molar-refractivity contribution in [1.29, 1.82) is 0 Å². The van der Waals surface area contributed by atoms with E-state index in [1.54, 1.807) is 0 Å². The Morgan fingerprint density at radius 3 is 2.93 bits per heavy atom. The van der Waals surface area contributed by atoms with Crippen LogP contribution in [0.4, 0.5) is 0 Å². The van der Waals surface area contributed by atoms with Crippen LogP contribution in [0.3, 0.4) is 0 Å². The second kappa shape index (κ2) is 6.06. The molecule has 0 saturated heterocycles. The number of allylic oxidation sites excluding steroid dienone is 2. The average Bonchev–Trinajstić information content (AvgIpc) is 2.17. The van der Waals surface area contributed by atoms with Crippen molar-refractivity contribution < 1.29 is 0 Å². The van der Waals surface area contributed by atoms with Gasteiger partial charge in [0.05, 0.1) is 28.9 Å². The van der Waals surface area contributed by atoms with Crippen LogP contribution in [0.5, 0.6) is 0 Å². The first kappa shape index (κ1) is 13.3. The molecule has 0 aromatic rings. The summed E-state index contributed by atoms with van der Waals surface area (Å²) in [5.41, 5.74) is 1.30. The lowest BCUT2D eigenvalue weighted by Crippen LogP contribution is -2.28. The molecule has 0 aromatic heterocycles. The van der Waals surface area contributed by atoms with Crippen LogP contribution in [-0.4, -0.2) is 17.4 Å². The van der Waals surface area contributed by atoms with Crippen LogP contribution >= 0.6 is 38.8 Å². The Balaban J connectivity index is 2.80. The van der Waals surface area contributed by atoms with E-state index in [1.165, 1.54) is 5.57 Å². The summed E-state index contributed by atoms with van der Waals surface area (Å²) in [5, 5.41) is 3.27. The molecule has 2 nitrogen and oxygen atoms in total. The lowest BCUT2D eigenvalue weighted by atomic mass is 9.93. The van der Waals surface area contributed by atoms with Gasteiger partial charge in [0.25, 0.3) is 0 Å². The topological polar surface area (TPSA) is 24.1 Å². The van der Waals surface area contributed by atoms with Gasteiger partial charge in [0.2, 0.25) is 0 Å². The van der Waals surface area contributed by atoms with Crippen LogP contribution < -0.4 is 8.85 Å². The largest absolute Gasteiger partial charge is 0.335 e. The molecule has 0 radical (unpaired) electrons. The maximum absolute atomic E-state index is 3.70. The summed E-state index contributed by atoms with van der Waals surface area (Å²) in [4.78, 5) is 0. The Hall–Kier alpha value is 0.190. The summed E-state index contributed by atoms with van der Waals surface area (Å²) >= 11 is 5.81. The third-order valence-electron chi connectivity index (χ3n) is 2.32. The van der Waals surface area contributed by atoms with Crippen molar-refractivity contribution in [3.63, 3.8) is 0 Å². The van der Waals surface area contributed by atoms with Crippen molar-refractivity contribution in [3.8, 4) is 0 Å². The zero-order chi connectivity index (χ0) is 11.3. The molecular weight excluding hydrogens is 367 g/mol. The molecule has 4 heteroatoms. The van der Waals surface area contributed by atoms with Crippen LogP contribution in [0.2, 0.25) is 0 Å². The summed E-state index contributed by atoms with van der Waals surface area (Å²) < 4.78 is 3.07. The Bertz CT molecular complexity index is 295. The molecule has 0 fully saturated rings. The number of nitrogens with one attached hydrogen (secondary N) is 2. The minimum Gasteiger partial charge on any atom is -0.335 e. The first-order valence-electron chi connectivity index (χ1n) is 4.87.